The van der Waals surface area contributed by atoms with Crippen molar-refractivity contribution in [2.45, 2.75) is 47.5 Å². The zero-order chi connectivity index (χ0) is 29.7. The lowest BCUT2D eigenvalue weighted by molar-refractivity contribution is -0.202. The van der Waals surface area contributed by atoms with Crippen LogP contribution in [0.1, 0.15) is 24.3 Å². The Morgan fingerprint density at radius 2 is 1.95 bits per heavy atom. The van der Waals surface area contributed by atoms with E-state index >= 15 is 0 Å². The maximum absolute atomic E-state index is 13.9. The van der Waals surface area contributed by atoms with Crippen LogP contribution in [0, 0.1) is 0 Å². The molecule has 2 aliphatic rings. The van der Waals surface area contributed by atoms with E-state index in [-0.39, 0.29) is 29.6 Å². The first-order valence-electron chi connectivity index (χ1n) is 13.4. The van der Waals surface area contributed by atoms with Crippen molar-refractivity contribution in [1.29, 1.82) is 0 Å². The third-order valence-corrected chi connectivity index (χ3v) is 13.8. The van der Waals surface area contributed by atoms with Gasteiger partial charge in [-0.15, -0.1) is 22.7 Å². The van der Waals surface area contributed by atoms with Crippen LogP contribution in [0.15, 0.2) is 58.3 Å². The molecule has 0 aliphatic carbocycles. The minimum atomic E-state index is -4.15. The normalized spacial score (nSPS) is 21.6. The maximum Gasteiger partial charge on any atom is 0.263 e. The van der Waals surface area contributed by atoms with Crippen molar-refractivity contribution in [1.82, 2.24) is 19.1 Å². The Hall–Kier alpha value is -1.89. The van der Waals surface area contributed by atoms with Crippen LogP contribution in [0.4, 0.5) is 0 Å². The van der Waals surface area contributed by atoms with E-state index in [1.807, 2.05) is 35.7 Å². The van der Waals surface area contributed by atoms with Crippen LogP contribution in [0.2, 0.25) is 0 Å². The Morgan fingerprint density at radius 1 is 1.14 bits per heavy atom. The number of thiol groups is 1. The molecule has 1 aromatic carbocycles. The Morgan fingerprint density at radius 3 is 2.67 bits per heavy atom. The number of benzene rings is 1. The van der Waals surface area contributed by atoms with Gasteiger partial charge in [0.25, 0.3) is 15.9 Å². The molecule has 4 heterocycles. The second-order valence-electron chi connectivity index (χ2n) is 9.92. The first kappa shape index (κ1) is 31.5. The molecule has 16 heteroatoms. The van der Waals surface area contributed by atoms with Crippen LogP contribution in [-0.2, 0) is 40.8 Å². The average Bonchev–Trinajstić information content (AvgIpc) is 3.69. The number of hydroxylamine groups is 1. The number of hydrogen-bond acceptors (Lipinski definition) is 11. The molecule has 2 aromatic heterocycles. The van der Waals surface area contributed by atoms with Gasteiger partial charge in [0, 0.05) is 60.8 Å². The number of rotatable bonds is 11. The van der Waals surface area contributed by atoms with Gasteiger partial charge in [-0.05, 0) is 30.5 Å². The van der Waals surface area contributed by atoms with Crippen LogP contribution < -0.4 is 5.48 Å². The molecule has 11 nitrogen and oxygen atoms in total. The first-order valence-corrected chi connectivity index (χ1v) is 18.7. The lowest BCUT2D eigenvalue weighted by atomic mass is 10.2. The summed E-state index contributed by atoms with van der Waals surface area (Å²) < 4.78 is 62.3. The Bertz CT molecular complexity index is 1540. The van der Waals surface area contributed by atoms with Crippen molar-refractivity contribution in [3.05, 3.63) is 59.0 Å². The quantitative estimate of drug-likeness (QED) is 0.235. The fourth-order valence-corrected chi connectivity index (χ4v) is 10.9. The predicted octanol–water partition coefficient (Wildman–Crippen LogP) is 2.99. The molecule has 2 unspecified atom stereocenters. The molecule has 3 aromatic rings. The number of sulfonamides is 2. The van der Waals surface area contributed by atoms with Crippen molar-refractivity contribution < 1.29 is 31.2 Å². The number of aromatic nitrogens is 1. The van der Waals surface area contributed by atoms with Crippen LogP contribution >= 0.6 is 35.3 Å². The summed E-state index contributed by atoms with van der Waals surface area (Å²) in [6, 6.07) is 11.3. The number of carbonyl (C=O) groups excluding carboxylic acids is 1. The van der Waals surface area contributed by atoms with E-state index in [0.29, 0.717) is 19.4 Å². The monoisotopic (exact) mass is 672 g/mol. The molecule has 5 rings (SSSR count). The highest BCUT2D eigenvalue weighted by molar-refractivity contribution is 7.91. The molecule has 3 atom stereocenters. The zero-order valence-electron chi connectivity index (χ0n) is 22.6. The minimum Gasteiger partial charge on any atom is -0.350 e. The van der Waals surface area contributed by atoms with Gasteiger partial charge in [-0.1, -0.05) is 30.3 Å². The van der Waals surface area contributed by atoms with Gasteiger partial charge in [0.1, 0.15) is 10.3 Å². The highest BCUT2D eigenvalue weighted by Gasteiger charge is 2.44. The van der Waals surface area contributed by atoms with E-state index in [4.69, 9.17) is 9.57 Å². The standard InChI is InChI=1S/C26H32N4O7S5/c31-26(28-37-24-8-4-5-14-36-24)21-17-29(41(32,33)18-20(38)16-23-27-11-15-39-23)12-13-30(21)42(34,35)25-10-9-22(40-25)19-6-2-1-3-7-19/h1-3,6-7,9-11,15,20-21,24,38H,4-5,8,12-14,16-18H2,(H,28,31)/t20?,21-,24?/m1/s1. The summed E-state index contributed by atoms with van der Waals surface area (Å²) in [6.45, 7) is -0.185. The molecular weight excluding hydrogens is 641 g/mol. The molecule has 0 bridgehead atoms. The van der Waals surface area contributed by atoms with Crippen LogP contribution in [0.5, 0.6) is 0 Å². The summed E-state index contributed by atoms with van der Waals surface area (Å²) in [4.78, 5) is 23.8. The summed E-state index contributed by atoms with van der Waals surface area (Å²) >= 11 is 6.98. The number of hydrogen-bond donors (Lipinski definition) is 2. The van der Waals surface area contributed by atoms with E-state index in [1.54, 1.807) is 12.3 Å². The smallest absolute Gasteiger partial charge is 0.263 e. The Labute approximate surface area is 259 Å². The molecule has 1 amide bonds. The number of nitrogens with zero attached hydrogens (tertiary/aromatic N) is 3. The molecule has 2 fully saturated rings. The van der Waals surface area contributed by atoms with Crippen molar-refractivity contribution in [3.8, 4) is 10.4 Å². The van der Waals surface area contributed by atoms with E-state index < -0.39 is 43.5 Å². The summed E-state index contributed by atoms with van der Waals surface area (Å²) in [6.07, 6.45) is 3.69. The molecule has 0 radical (unpaired) electrons. The second kappa shape index (κ2) is 13.8. The third kappa shape index (κ3) is 7.60. The van der Waals surface area contributed by atoms with Crippen LogP contribution in [0.3, 0.4) is 0 Å². The van der Waals surface area contributed by atoms with Gasteiger partial charge in [0.15, 0.2) is 6.29 Å². The summed E-state index contributed by atoms with van der Waals surface area (Å²) in [5.41, 5.74) is 3.21. The van der Waals surface area contributed by atoms with Crippen LogP contribution in [-0.4, -0.2) is 85.9 Å². The summed E-state index contributed by atoms with van der Waals surface area (Å²) in [5, 5.41) is 2.06. The predicted molar refractivity (Wildman–Crippen MR) is 164 cm³/mol. The third-order valence-electron chi connectivity index (χ3n) is 6.92. The van der Waals surface area contributed by atoms with Crippen molar-refractivity contribution >= 4 is 61.3 Å². The highest BCUT2D eigenvalue weighted by Crippen LogP contribution is 2.34. The lowest BCUT2D eigenvalue weighted by Crippen LogP contribution is -2.61. The Kier molecular flexibility index (Phi) is 10.4. The minimum absolute atomic E-state index is 0.0610. The van der Waals surface area contributed by atoms with Crippen molar-refractivity contribution in [2.75, 3.05) is 32.0 Å². The molecule has 2 aliphatic heterocycles. The average molecular weight is 673 g/mol. The van der Waals surface area contributed by atoms with Gasteiger partial charge in [-0.3, -0.25) is 4.79 Å². The van der Waals surface area contributed by atoms with E-state index in [2.05, 4.69) is 23.1 Å². The second-order valence-corrected chi connectivity index (χ2v) is 16.8. The van der Waals surface area contributed by atoms with Gasteiger partial charge in [-0.2, -0.15) is 21.2 Å². The number of amides is 1. The Balaban J connectivity index is 1.35. The largest absolute Gasteiger partial charge is 0.350 e. The van der Waals surface area contributed by atoms with E-state index in [9.17, 15) is 21.6 Å². The highest BCUT2D eigenvalue weighted by atomic mass is 32.2. The van der Waals surface area contributed by atoms with Gasteiger partial charge in [-0.25, -0.2) is 32.1 Å². The maximum atomic E-state index is 13.9. The number of thiophene rings is 1. The van der Waals surface area contributed by atoms with Crippen LogP contribution in [0.25, 0.3) is 10.4 Å². The van der Waals surface area contributed by atoms with Crippen molar-refractivity contribution in [2.24, 2.45) is 0 Å². The number of piperazine rings is 1. The summed E-state index contributed by atoms with van der Waals surface area (Å²) in [5.74, 6) is -1.05. The molecular formula is C26H32N4O7S5. The first-order chi connectivity index (χ1) is 20.1. The van der Waals surface area contributed by atoms with Gasteiger partial charge in [0.05, 0.1) is 10.8 Å². The number of carbonyl (C=O) groups is 1. The molecule has 0 spiro atoms. The van der Waals surface area contributed by atoms with Gasteiger partial charge < -0.3 is 4.74 Å². The van der Waals surface area contributed by atoms with E-state index in [1.165, 1.54) is 17.4 Å². The zero-order valence-corrected chi connectivity index (χ0v) is 26.7. The summed E-state index contributed by atoms with van der Waals surface area (Å²) in [7, 11) is -8.04. The fourth-order valence-electron chi connectivity index (χ4n) is 4.79. The molecule has 228 valence electrons. The van der Waals surface area contributed by atoms with Gasteiger partial charge >= 0.3 is 0 Å². The SMILES string of the molecule is O=C(NOC1CCCCO1)[C@H]1CN(S(=O)(=O)CC(S)Cc2nccs2)CCN1S(=O)(=O)c1ccc(-c2ccccc2)s1. The lowest BCUT2D eigenvalue weighted by Gasteiger charge is -2.39. The molecule has 2 saturated heterocycles. The number of thiazole rings is 1. The number of ether oxygens (including phenoxy) is 1. The number of nitrogens with one attached hydrogen (secondary N) is 1. The molecule has 42 heavy (non-hydrogen) atoms. The molecule has 1 N–H and O–H groups in total. The molecule has 0 saturated carbocycles. The van der Waals surface area contributed by atoms with Gasteiger partial charge in [0.2, 0.25) is 10.0 Å². The van der Waals surface area contributed by atoms with Crippen molar-refractivity contribution in [3.63, 3.8) is 0 Å². The fraction of sp³-hybridized carbons (Fsp3) is 0.462. The topological polar surface area (TPSA) is 135 Å². The van der Waals surface area contributed by atoms with E-state index in [0.717, 1.165) is 48.2 Å².